The third-order valence-electron chi connectivity index (χ3n) is 6.11. The molecule has 4 aromatic rings. The van der Waals surface area contributed by atoms with Crippen molar-refractivity contribution in [3.05, 3.63) is 70.2 Å². The lowest BCUT2D eigenvalue weighted by molar-refractivity contribution is 0.0914. The molecule has 0 aliphatic carbocycles. The van der Waals surface area contributed by atoms with Crippen LogP contribution in [0.25, 0.3) is 21.3 Å². The van der Waals surface area contributed by atoms with E-state index in [1.807, 2.05) is 24.4 Å². The fourth-order valence-electron chi connectivity index (χ4n) is 4.24. The van der Waals surface area contributed by atoms with E-state index in [1.54, 1.807) is 42.7 Å². The SMILES string of the molecule is COc1cc(C(=O)CCC(=O)c2cc(C)c(OC)c(-c3csc4c(C)cccc34)n2)ccc1OCCO. The van der Waals surface area contributed by atoms with Crippen molar-refractivity contribution in [2.45, 2.75) is 26.7 Å². The van der Waals surface area contributed by atoms with Crippen LogP contribution in [-0.2, 0) is 0 Å². The van der Waals surface area contributed by atoms with Gasteiger partial charge in [-0.3, -0.25) is 9.59 Å². The maximum absolute atomic E-state index is 13.1. The number of thiophene rings is 1. The quantitative estimate of drug-likeness (QED) is 0.250. The van der Waals surface area contributed by atoms with Gasteiger partial charge in [-0.1, -0.05) is 18.2 Å². The molecule has 2 aromatic heterocycles. The number of aryl methyl sites for hydroxylation is 2. The van der Waals surface area contributed by atoms with Crippen LogP contribution >= 0.6 is 11.3 Å². The van der Waals surface area contributed by atoms with E-state index >= 15 is 0 Å². The molecule has 4 rings (SSSR count). The highest BCUT2D eigenvalue weighted by Crippen LogP contribution is 2.40. The highest BCUT2D eigenvalue weighted by atomic mass is 32.1. The van der Waals surface area contributed by atoms with Gasteiger partial charge in [0.05, 0.1) is 20.8 Å². The molecule has 2 heterocycles. The molecule has 0 saturated heterocycles. The number of benzene rings is 2. The van der Waals surface area contributed by atoms with Crippen LogP contribution in [0.4, 0.5) is 0 Å². The minimum atomic E-state index is -0.217. The van der Waals surface area contributed by atoms with Gasteiger partial charge in [0.1, 0.15) is 23.7 Å². The number of rotatable bonds is 11. The second-order valence-corrected chi connectivity index (χ2v) is 9.47. The summed E-state index contributed by atoms with van der Waals surface area (Å²) in [6.07, 6.45) is 0.0487. The van der Waals surface area contributed by atoms with Gasteiger partial charge in [0.15, 0.2) is 23.1 Å². The molecule has 0 fully saturated rings. The fraction of sp³-hybridized carbons (Fsp3) is 0.276. The van der Waals surface area contributed by atoms with E-state index in [2.05, 4.69) is 13.0 Å². The first-order valence-corrected chi connectivity index (χ1v) is 12.8. The zero-order chi connectivity index (χ0) is 26.5. The predicted molar refractivity (Wildman–Crippen MR) is 145 cm³/mol. The lowest BCUT2D eigenvalue weighted by atomic mass is 10.0. The van der Waals surface area contributed by atoms with Gasteiger partial charge < -0.3 is 19.3 Å². The maximum atomic E-state index is 13.1. The second kappa shape index (κ2) is 11.5. The zero-order valence-corrected chi connectivity index (χ0v) is 22.1. The van der Waals surface area contributed by atoms with Crippen molar-refractivity contribution in [3.8, 4) is 28.5 Å². The van der Waals surface area contributed by atoms with Gasteiger partial charge in [-0.05, 0) is 49.2 Å². The Kier molecular flexibility index (Phi) is 8.21. The number of carbonyl (C=O) groups excluding carboxylic acids is 2. The molecule has 0 bridgehead atoms. The Bertz CT molecular complexity index is 1460. The van der Waals surface area contributed by atoms with E-state index in [-0.39, 0.29) is 37.6 Å². The summed E-state index contributed by atoms with van der Waals surface area (Å²) >= 11 is 1.64. The van der Waals surface area contributed by atoms with Crippen LogP contribution in [0.15, 0.2) is 47.8 Å². The Morgan fingerprint density at radius 2 is 1.73 bits per heavy atom. The summed E-state index contributed by atoms with van der Waals surface area (Å²) in [7, 11) is 3.08. The molecule has 7 nitrogen and oxygen atoms in total. The van der Waals surface area contributed by atoms with Crippen LogP contribution in [0.3, 0.4) is 0 Å². The highest BCUT2D eigenvalue weighted by molar-refractivity contribution is 7.18. The predicted octanol–water partition coefficient (Wildman–Crippen LogP) is 5.81. The van der Waals surface area contributed by atoms with Crippen molar-refractivity contribution in [2.75, 3.05) is 27.4 Å². The van der Waals surface area contributed by atoms with E-state index in [0.29, 0.717) is 34.2 Å². The lowest BCUT2D eigenvalue weighted by Crippen LogP contribution is -2.09. The van der Waals surface area contributed by atoms with Crippen molar-refractivity contribution in [2.24, 2.45) is 0 Å². The van der Waals surface area contributed by atoms with E-state index in [4.69, 9.17) is 24.3 Å². The van der Waals surface area contributed by atoms with Gasteiger partial charge in [-0.2, -0.15) is 0 Å². The summed E-state index contributed by atoms with van der Waals surface area (Å²) in [4.78, 5) is 30.7. The first kappa shape index (κ1) is 26.3. The van der Waals surface area contributed by atoms with E-state index < -0.39 is 0 Å². The largest absolute Gasteiger partial charge is 0.494 e. The number of ketones is 2. The van der Waals surface area contributed by atoms with Gasteiger partial charge in [0.2, 0.25) is 0 Å². The van der Waals surface area contributed by atoms with E-state index in [9.17, 15) is 9.59 Å². The molecule has 0 saturated carbocycles. The topological polar surface area (TPSA) is 95.0 Å². The molecule has 0 unspecified atom stereocenters. The van der Waals surface area contributed by atoms with Crippen LogP contribution in [0.2, 0.25) is 0 Å². The number of nitrogens with zero attached hydrogens (tertiary/aromatic N) is 1. The summed E-state index contributed by atoms with van der Waals surface area (Å²) in [5.74, 6) is 1.05. The zero-order valence-electron chi connectivity index (χ0n) is 21.3. The number of aliphatic hydroxyl groups excluding tert-OH is 1. The summed E-state index contributed by atoms with van der Waals surface area (Å²) in [6.45, 7) is 3.95. The Morgan fingerprint density at radius 3 is 2.46 bits per heavy atom. The Hall–Kier alpha value is -3.75. The van der Waals surface area contributed by atoms with E-state index in [0.717, 1.165) is 16.5 Å². The highest BCUT2D eigenvalue weighted by Gasteiger charge is 2.21. The van der Waals surface area contributed by atoms with Gasteiger partial charge in [0, 0.05) is 39.4 Å². The summed E-state index contributed by atoms with van der Waals surface area (Å²) in [5, 5.41) is 12.1. The van der Waals surface area contributed by atoms with Crippen LogP contribution < -0.4 is 14.2 Å². The number of carbonyl (C=O) groups is 2. The number of hydrogen-bond acceptors (Lipinski definition) is 8. The Labute approximate surface area is 219 Å². The van der Waals surface area contributed by atoms with Crippen molar-refractivity contribution < 1.29 is 28.9 Å². The van der Waals surface area contributed by atoms with Gasteiger partial charge in [0.25, 0.3) is 0 Å². The smallest absolute Gasteiger partial charge is 0.181 e. The number of ether oxygens (including phenoxy) is 3. The molecular formula is C29H29NO6S. The average Bonchev–Trinajstić information content (AvgIpc) is 3.35. The molecule has 0 radical (unpaired) electrons. The van der Waals surface area contributed by atoms with Crippen LogP contribution in [0.5, 0.6) is 17.2 Å². The standard InChI is InChI=1S/C29H29NO6S/c1-17-6-5-7-20-21(16-37-29(17)20)27-28(35-4)18(2)14-22(30-27)24(33)10-9-23(32)19-8-11-25(36-13-12-31)26(15-19)34-3/h5-8,11,14-16,31H,9-10,12-13H2,1-4H3. The summed E-state index contributed by atoms with van der Waals surface area (Å²) < 4.78 is 17.6. The number of aliphatic hydroxyl groups is 1. The van der Waals surface area contributed by atoms with Crippen LogP contribution in [-0.4, -0.2) is 49.1 Å². The van der Waals surface area contributed by atoms with Crippen LogP contribution in [0, 0.1) is 13.8 Å². The normalized spacial score (nSPS) is 10.9. The number of methoxy groups -OCH3 is 2. The van der Waals surface area contributed by atoms with Crippen molar-refractivity contribution in [3.63, 3.8) is 0 Å². The van der Waals surface area contributed by atoms with Crippen molar-refractivity contribution >= 4 is 33.0 Å². The molecule has 2 aromatic carbocycles. The molecule has 8 heteroatoms. The third kappa shape index (κ3) is 5.50. The first-order valence-electron chi connectivity index (χ1n) is 11.9. The first-order chi connectivity index (χ1) is 17.9. The molecule has 0 amide bonds. The molecule has 0 aliphatic rings. The maximum Gasteiger partial charge on any atom is 0.181 e. The minimum Gasteiger partial charge on any atom is -0.494 e. The number of pyridine rings is 1. The number of fused-ring (bicyclic) bond motifs is 1. The fourth-order valence-corrected chi connectivity index (χ4v) is 5.28. The molecule has 1 N–H and O–H groups in total. The summed E-state index contributed by atoms with van der Waals surface area (Å²) in [5.41, 5.74) is 4.25. The number of aromatic nitrogens is 1. The molecule has 0 atom stereocenters. The van der Waals surface area contributed by atoms with Crippen molar-refractivity contribution in [1.82, 2.24) is 4.98 Å². The third-order valence-corrected chi connectivity index (χ3v) is 7.25. The molecular weight excluding hydrogens is 490 g/mol. The molecule has 0 aliphatic heterocycles. The van der Waals surface area contributed by atoms with E-state index in [1.165, 1.54) is 17.4 Å². The lowest BCUT2D eigenvalue weighted by Gasteiger charge is -2.13. The minimum absolute atomic E-state index is 0.0195. The summed E-state index contributed by atoms with van der Waals surface area (Å²) in [6, 6.07) is 12.7. The monoisotopic (exact) mass is 519 g/mol. The van der Waals surface area contributed by atoms with Gasteiger partial charge in [-0.25, -0.2) is 4.98 Å². The van der Waals surface area contributed by atoms with Crippen molar-refractivity contribution in [1.29, 1.82) is 0 Å². The molecule has 37 heavy (non-hydrogen) atoms. The molecule has 0 spiro atoms. The Balaban J connectivity index is 1.56. The molecule has 192 valence electrons. The van der Waals surface area contributed by atoms with Gasteiger partial charge >= 0.3 is 0 Å². The number of hydrogen-bond donors (Lipinski definition) is 1. The van der Waals surface area contributed by atoms with Crippen LogP contribution in [0.1, 0.15) is 44.8 Å². The Morgan fingerprint density at radius 1 is 0.946 bits per heavy atom. The second-order valence-electron chi connectivity index (χ2n) is 8.59. The number of Topliss-reactive ketones (excluding diaryl/α,β-unsaturated/α-hetero) is 2. The average molecular weight is 520 g/mol. The van der Waals surface area contributed by atoms with Gasteiger partial charge in [-0.15, -0.1) is 11.3 Å².